The number of hydrogen-bond acceptors (Lipinski definition) is 7. The summed E-state index contributed by atoms with van der Waals surface area (Å²) >= 11 is 1.97. The summed E-state index contributed by atoms with van der Waals surface area (Å²) in [7, 11) is 1.85. The number of hydrogen-bond donors (Lipinski definition) is 4. The number of rotatable bonds is 5. The molecule has 0 saturated carbocycles. The molecule has 2 aromatic rings. The highest BCUT2D eigenvalue weighted by molar-refractivity contribution is 7.99. The van der Waals surface area contributed by atoms with Crippen molar-refractivity contribution in [1.29, 1.82) is 10.8 Å². The topological polar surface area (TPSA) is 152 Å². The molecule has 0 spiro atoms. The minimum absolute atomic E-state index is 0. The Labute approximate surface area is 170 Å². The smallest absolute Gasteiger partial charge is 0.151 e. The first kappa shape index (κ1) is 21.5. The van der Waals surface area contributed by atoms with Crippen molar-refractivity contribution in [2.24, 2.45) is 12.8 Å². The molecule has 0 radical (unpaired) electrons. The van der Waals surface area contributed by atoms with Gasteiger partial charge in [0.15, 0.2) is 5.82 Å². The summed E-state index contributed by atoms with van der Waals surface area (Å²) in [6.45, 7) is 1.95. The molecule has 3 rings (SSSR count). The van der Waals surface area contributed by atoms with Crippen LogP contribution in [0.25, 0.3) is 5.57 Å². The van der Waals surface area contributed by atoms with Crippen LogP contribution in [0.15, 0.2) is 30.5 Å². The third-order valence-corrected chi connectivity index (χ3v) is 5.71. The minimum atomic E-state index is 0. The Balaban J connectivity index is 0.00000210. The molecule has 8 nitrogen and oxygen atoms in total. The van der Waals surface area contributed by atoms with Crippen LogP contribution in [0.2, 0.25) is 0 Å². The predicted octanol–water partition coefficient (Wildman–Crippen LogP) is 1.73. The maximum absolute atomic E-state index is 8.70. The summed E-state index contributed by atoms with van der Waals surface area (Å²) < 4.78 is 1.73. The van der Waals surface area contributed by atoms with Crippen LogP contribution >= 0.6 is 11.8 Å². The van der Waals surface area contributed by atoms with E-state index in [2.05, 4.69) is 10.00 Å². The lowest BCUT2D eigenvalue weighted by Crippen LogP contribution is -2.25. The summed E-state index contributed by atoms with van der Waals surface area (Å²) in [5, 5.41) is 20.8. The second kappa shape index (κ2) is 9.43. The lowest BCUT2D eigenvalue weighted by Gasteiger charge is -2.18. The second-order valence-corrected chi connectivity index (χ2v) is 7.63. The van der Waals surface area contributed by atoms with Crippen LogP contribution in [-0.2, 0) is 7.05 Å². The van der Waals surface area contributed by atoms with Gasteiger partial charge in [0.1, 0.15) is 0 Å². The molecule has 0 bridgehead atoms. The summed E-state index contributed by atoms with van der Waals surface area (Å²) in [5.41, 5.74) is 15.2. The predicted molar refractivity (Wildman–Crippen MR) is 121 cm³/mol. The second-order valence-electron chi connectivity index (χ2n) is 6.41. The van der Waals surface area contributed by atoms with Gasteiger partial charge in [-0.1, -0.05) is 6.07 Å². The van der Waals surface area contributed by atoms with Crippen molar-refractivity contribution in [3.05, 3.63) is 47.3 Å². The number of nitrogens with one attached hydrogen (secondary N) is 2. The van der Waals surface area contributed by atoms with Crippen molar-refractivity contribution >= 4 is 40.8 Å². The van der Waals surface area contributed by atoms with Crippen LogP contribution in [0.1, 0.15) is 24.7 Å². The van der Waals surface area contributed by atoms with Crippen LogP contribution in [0.3, 0.4) is 0 Å². The highest BCUT2D eigenvalue weighted by Gasteiger charge is 2.19. The first-order valence-corrected chi connectivity index (χ1v) is 9.99. The van der Waals surface area contributed by atoms with Crippen LogP contribution in [0.5, 0.6) is 0 Å². The van der Waals surface area contributed by atoms with E-state index in [4.69, 9.17) is 22.3 Å². The molecule has 152 valence electrons. The van der Waals surface area contributed by atoms with Gasteiger partial charge in [-0.3, -0.25) is 10.1 Å². The molecule has 9 heteroatoms. The maximum atomic E-state index is 8.70. The van der Waals surface area contributed by atoms with Crippen molar-refractivity contribution in [3.8, 4) is 0 Å². The SMILES string of the molecule is Cn1nc(N2CCCSCC2)cc1C(=N)c1cc(/C(C=N)=C/N)ccc1N.O.[HH]. The quantitative estimate of drug-likeness (QED) is 0.442. The molecular weight excluding hydrogens is 374 g/mol. The number of anilines is 2. The first-order chi connectivity index (χ1) is 13.0. The molecule has 1 aliphatic rings. The normalized spacial score (nSPS) is 14.9. The van der Waals surface area contributed by atoms with Crippen LogP contribution in [0.4, 0.5) is 11.5 Å². The Morgan fingerprint density at radius 3 is 2.79 bits per heavy atom. The summed E-state index contributed by atoms with van der Waals surface area (Å²) in [6.07, 6.45) is 3.71. The van der Waals surface area contributed by atoms with Gasteiger partial charge in [-0.15, -0.1) is 0 Å². The first-order valence-electron chi connectivity index (χ1n) is 8.83. The van der Waals surface area contributed by atoms with Crippen LogP contribution in [0, 0.1) is 10.8 Å². The molecule has 1 fully saturated rings. The Bertz CT molecular complexity index is 889. The molecule has 1 aromatic heterocycles. The Morgan fingerprint density at radius 2 is 2.07 bits per heavy atom. The van der Waals surface area contributed by atoms with Gasteiger partial charge >= 0.3 is 0 Å². The summed E-state index contributed by atoms with van der Waals surface area (Å²) in [4.78, 5) is 2.28. The number of nitrogens with two attached hydrogens (primary N) is 2. The van der Waals surface area contributed by atoms with Gasteiger partial charge in [-0.2, -0.15) is 16.9 Å². The summed E-state index contributed by atoms with van der Waals surface area (Å²) in [6, 6.07) is 7.31. The van der Waals surface area contributed by atoms with Crippen molar-refractivity contribution in [3.63, 3.8) is 0 Å². The standard InChI is InChI=1S/C19H25N7S.H2O.H2/c1-25-17(10-18(24-25)26-5-2-7-27-8-6-26)19(23)15-9-13(3-4-16(15)22)14(11-20)12-21;;/h3-4,9-12,20,23H,2,5-8,21-22H2,1H3;1H2;1H/b14-12+,20-11?,23-19?;;. The largest absolute Gasteiger partial charge is 0.412 e. The van der Waals surface area contributed by atoms with Gasteiger partial charge < -0.3 is 27.3 Å². The van der Waals surface area contributed by atoms with Gasteiger partial charge in [0.2, 0.25) is 0 Å². The van der Waals surface area contributed by atoms with Crippen LogP contribution in [-0.4, -0.2) is 51.8 Å². The Hall–Kier alpha value is -2.78. The van der Waals surface area contributed by atoms with E-state index in [1.807, 2.05) is 24.9 Å². The van der Waals surface area contributed by atoms with E-state index in [-0.39, 0.29) is 6.90 Å². The molecule has 0 aliphatic carbocycles. The molecular formula is C19H29N7OS. The number of benzene rings is 1. The fourth-order valence-corrected chi connectivity index (χ4v) is 4.02. The number of aryl methyl sites for hydroxylation is 1. The zero-order valence-corrected chi connectivity index (χ0v) is 16.7. The number of nitrogen functional groups attached to an aromatic ring is 1. The fourth-order valence-electron chi connectivity index (χ4n) is 3.13. The third kappa shape index (κ3) is 4.37. The number of thioether (sulfide) groups is 1. The third-order valence-electron chi connectivity index (χ3n) is 4.66. The van der Waals surface area contributed by atoms with Gasteiger partial charge in [-0.25, -0.2) is 0 Å². The maximum Gasteiger partial charge on any atom is 0.151 e. The van der Waals surface area contributed by atoms with Gasteiger partial charge in [0.05, 0.1) is 11.4 Å². The zero-order valence-electron chi connectivity index (χ0n) is 15.9. The Kier molecular flexibility index (Phi) is 7.24. The summed E-state index contributed by atoms with van der Waals surface area (Å²) in [5.74, 6) is 3.17. The van der Waals surface area contributed by atoms with Gasteiger partial charge in [0.25, 0.3) is 0 Å². The molecule has 0 atom stereocenters. The minimum Gasteiger partial charge on any atom is -0.412 e. The van der Waals surface area contributed by atoms with Gasteiger partial charge in [-0.05, 0) is 29.9 Å². The number of nitrogens with zero attached hydrogens (tertiary/aromatic N) is 3. The monoisotopic (exact) mass is 403 g/mol. The van der Waals surface area contributed by atoms with E-state index in [1.165, 1.54) is 18.2 Å². The lowest BCUT2D eigenvalue weighted by atomic mass is 9.99. The molecule has 1 aromatic carbocycles. The molecule has 28 heavy (non-hydrogen) atoms. The lowest BCUT2D eigenvalue weighted by molar-refractivity contribution is 0.730. The van der Waals surface area contributed by atoms with Crippen molar-refractivity contribution in [2.75, 3.05) is 35.2 Å². The number of aromatic nitrogens is 2. The van der Waals surface area contributed by atoms with Crippen molar-refractivity contribution in [2.45, 2.75) is 6.42 Å². The average molecular weight is 404 g/mol. The zero-order chi connectivity index (χ0) is 19.4. The molecule has 2 heterocycles. The number of allylic oxidation sites excluding steroid dienone is 1. The highest BCUT2D eigenvalue weighted by atomic mass is 32.2. The molecule has 0 unspecified atom stereocenters. The van der Waals surface area contributed by atoms with Crippen molar-refractivity contribution in [1.82, 2.24) is 9.78 Å². The van der Waals surface area contributed by atoms with E-state index in [0.717, 1.165) is 36.6 Å². The average Bonchev–Trinajstić information content (AvgIpc) is 2.88. The van der Waals surface area contributed by atoms with E-state index < -0.39 is 0 Å². The molecule has 0 amide bonds. The Morgan fingerprint density at radius 1 is 1.29 bits per heavy atom. The van der Waals surface area contributed by atoms with E-state index in [9.17, 15) is 0 Å². The molecule has 8 N–H and O–H groups in total. The van der Waals surface area contributed by atoms with Crippen LogP contribution < -0.4 is 16.4 Å². The van der Waals surface area contributed by atoms with E-state index >= 15 is 0 Å². The van der Waals surface area contributed by atoms with E-state index in [0.29, 0.717) is 28.2 Å². The highest BCUT2D eigenvalue weighted by Crippen LogP contribution is 2.24. The fraction of sp³-hybridized carbons (Fsp3) is 0.316. The molecule has 1 aliphatic heterocycles. The van der Waals surface area contributed by atoms with E-state index in [1.54, 1.807) is 22.9 Å². The molecule has 1 saturated heterocycles. The van der Waals surface area contributed by atoms with Gasteiger partial charge in [0, 0.05) is 62.6 Å². The van der Waals surface area contributed by atoms with Crippen molar-refractivity contribution < 1.29 is 6.90 Å².